The lowest BCUT2D eigenvalue weighted by atomic mass is 10.1. The van der Waals surface area contributed by atoms with Crippen LogP contribution in [0.4, 0.5) is 26.1 Å². The van der Waals surface area contributed by atoms with Crippen LogP contribution in [0.5, 0.6) is 0 Å². The Balaban J connectivity index is 1.26. The number of hydrogen-bond acceptors (Lipinski definition) is 10. The van der Waals surface area contributed by atoms with E-state index in [2.05, 4.69) is 25.8 Å². The van der Waals surface area contributed by atoms with Crippen LogP contribution in [-0.4, -0.2) is 87.0 Å². The molecule has 3 aromatic heterocycles. The molecule has 6 rings (SSSR count). The van der Waals surface area contributed by atoms with E-state index in [1.807, 2.05) is 62.5 Å². The number of rotatable bonds is 5. The highest BCUT2D eigenvalue weighted by Crippen LogP contribution is 2.31. The van der Waals surface area contributed by atoms with Crippen LogP contribution in [0.3, 0.4) is 0 Å². The van der Waals surface area contributed by atoms with E-state index in [0.29, 0.717) is 67.9 Å². The van der Waals surface area contributed by atoms with Crippen LogP contribution in [0, 0.1) is 0 Å². The number of anilines is 3. The van der Waals surface area contributed by atoms with Crippen molar-refractivity contribution in [3.05, 3.63) is 41.8 Å². The maximum absolute atomic E-state index is 12.5. The number of nitrogens with zero attached hydrogens (tertiary/aromatic N) is 7. The van der Waals surface area contributed by atoms with Gasteiger partial charge in [0.05, 0.1) is 24.3 Å². The molecule has 0 radical (unpaired) electrons. The summed E-state index contributed by atoms with van der Waals surface area (Å²) in [5.74, 6) is 1.21. The van der Waals surface area contributed by atoms with Gasteiger partial charge in [-0.15, -0.1) is 16.4 Å². The van der Waals surface area contributed by atoms with Crippen LogP contribution in [0.1, 0.15) is 26.8 Å². The molecule has 2 aliphatic rings. The van der Waals surface area contributed by atoms with E-state index in [4.69, 9.17) is 19.4 Å². The summed E-state index contributed by atoms with van der Waals surface area (Å²) in [6.07, 6.45) is -0.347. The topological polar surface area (TPSA) is 140 Å². The number of carbonyl (C=O) groups excluding carboxylic acids is 2. The van der Waals surface area contributed by atoms with Crippen molar-refractivity contribution in [1.82, 2.24) is 29.9 Å². The summed E-state index contributed by atoms with van der Waals surface area (Å²) in [5.41, 5.74) is 2.07. The largest absolute Gasteiger partial charge is 0.444 e. The van der Waals surface area contributed by atoms with Gasteiger partial charge in [0.25, 0.3) is 0 Å². The minimum Gasteiger partial charge on any atom is -0.444 e. The van der Waals surface area contributed by atoms with E-state index in [9.17, 15) is 9.59 Å². The average molecular weight is 578 g/mol. The first-order chi connectivity index (χ1) is 19.7. The van der Waals surface area contributed by atoms with Gasteiger partial charge in [0.2, 0.25) is 0 Å². The van der Waals surface area contributed by atoms with Crippen LogP contribution in [0.25, 0.3) is 22.6 Å². The molecule has 2 aliphatic heterocycles. The molecule has 14 heteroatoms. The molecule has 0 unspecified atom stereocenters. The van der Waals surface area contributed by atoms with Gasteiger partial charge in [-0.1, -0.05) is 5.21 Å². The molecule has 2 N–H and O–H groups in total. The molecule has 41 heavy (non-hydrogen) atoms. The predicted molar refractivity (Wildman–Crippen MR) is 155 cm³/mol. The zero-order valence-corrected chi connectivity index (χ0v) is 23.8. The highest BCUT2D eigenvalue weighted by molar-refractivity contribution is 7.14. The Bertz CT molecular complexity index is 1540. The van der Waals surface area contributed by atoms with Gasteiger partial charge in [0, 0.05) is 37.4 Å². The molecule has 3 amide bonds. The molecule has 5 heterocycles. The fraction of sp³-hybridized carbons (Fsp3) is 0.407. The number of morpholine rings is 1. The van der Waals surface area contributed by atoms with Crippen LogP contribution in [-0.2, 0) is 9.47 Å². The van der Waals surface area contributed by atoms with Gasteiger partial charge >= 0.3 is 12.1 Å². The van der Waals surface area contributed by atoms with Crippen molar-refractivity contribution in [3.8, 4) is 11.4 Å². The number of urea groups is 1. The third kappa shape index (κ3) is 5.93. The third-order valence-electron chi connectivity index (χ3n) is 6.63. The first-order valence-electron chi connectivity index (χ1n) is 13.4. The molecular formula is C27H31N9O4S. The van der Waals surface area contributed by atoms with Crippen molar-refractivity contribution in [2.75, 3.05) is 54.9 Å². The zero-order valence-electron chi connectivity index (χ0n) is 23.0. The van der Waals surface area contributed by atoms with Crippen molar-refractivity contribution in [3.63, 3.8) is 0 Å². The SMILES string of the molecule is CC(C)(C)OC(=O)N1CC(n2nnc3c(N4CCOCC4)nc(-c4ccc(NC(=O)Nc5cccs5)cc4)nc32)C1. The number of hydrogen-bond donors (Lipinski definition) is 2. The minimum atomic E-state index is -0.559. The van der Waals surface area contributed by atoms with Gasteiger partial charge in [0.1, 0.15) is 5.60 Å². The summed E-state index contributed by atoms with van der Waals surface area (Å²) in [6.45, 7) is 8.99. The Morgan fingerprint density at radius 2 is 1.80 bits per heavy atom. The summed E-state index contributed by atoms with van der Waals surface area (Å²) >= 11 is 1.45. The van der Waals surface area contributed by atoms with Crippen molar-refractivity contribution in [1.29, 1.82) is 0 Å². The number of ether oxygens (including phenoxy) is 2. The summed E-state index contributed by atoms with van der Waals surface area (Å²) in [6, 6.07) is 10.7. The molecule has 214 valence electrons. The number of nitrogens with one attached hydrogen (secondary N) is 2. The van der Waals surface area contributed by atoms with Gasteiger partial charge in [-0.25, -0.2) is 24.2 Å². The van der Waals surface area contributed by atoms with E-state index in [1.165, 1.54) is 11.3 Å². The quantitative estimate of drug-likeness (QED) is 0.357. The van der Waals surface area contributed by atoms with Crippen LogP contribution < -0.4 is 15.5 Å². The van der Waals surface area contributed by atoms with Crippen molar-refractivity contribution >= 4 is 51.1 Å². The number of thiophene rings is 1. The number of benzene rings is 1. The first kappa shape index (κ1) is 26.9. The van der Waals surface area contributed by atoms with Crippen LogP contribution >= 0.6 is 11.3 Å². The standard InChI is InChI=1S/C27H31N9O4S/c1-27(2,3)40-26(38)35-15-19(16-35)36-24-21(32-33-36)23(34-10-12-39-13-11-34)30-22(31-24)17-6-8-18(9-7-17)28-25(37)29-20-5-4-14-41-20/h4-9,14,19H,10-13,15-16H2,1-3H3,(H2,28,29,37). The highest BCUT2D eigenvalue weighted by Gasteiger charge is 2.37. The van der Waals surface area contributed by atoms with Crippen molar-refractivity contribution < 1.29 is 19.1 Å². The number of amides is 3. The molecule has 0 bridgehead atoms. The molecule has 1 aromatic carbocycles. The van der Waals surface area contributed by atoms with E-state index < -0.39 is 5.60 Å². The maximum atomic E-state index is 12.5. The van der Waals surface area contributed by atoms with Crippen LogP contribution in [0.15, 0.2) is 41.8 Å². The second-order valence-corrected chi connectivity index (χ2v) is 11.8. The van der Waals surface area contributed by atoms with Crippen molar-refractivity contribution in [2.45, 2.75) is 32.4 Å². The summed E-state index contributed by atoms with van der Waals surface area (Å²) < 4.78 is 12.8. The smallest absolute Gasteiger partial charge is 0.410 e. The molecule has 0 spiro atoms. The van der Waals surface area contributed by atoms with E-state index >= 15 is 0 Å². The third-order valence-corrected chi connectivity index (χ3v) is 7.42. The Morgan fingerprint density at radius 1 is 1.05 bits per heavy atom. The second-order valence-electron chi connectivity index (χ2n) is 10.8. The summed E-state index contributed by atoms with van der Waals surface area (Å²) in [4.78, 5) is 38.4. The Morgan fingerprint density at radius 3 is 2.49 bits per heavy atom. The van der Waals surface area contributed by atoms with Crippen molar-refractivity contribution in [2.24, 2.45) is 0 Å². The minimum absolute atomic E-state index is 0.0822. The lowest BCUT2D eigenvalue weighted by Gasteiger charge is -2.39. The summed E-state index contributed by atoms with van der Waals surface area (Å²) in [7, 11) is 0. The molecule has 2 saturated heterocycles. The molecule has 4 aromatic rings. The fourth-order valence-corrected chi connectivity index (χ4v) is 5.21. The fourth-order valence-electron chi connectivity index (χ4n) is 4.60. The zero-order chi connectivity index (χ0) is 28.6. The maximum Gasteiger partial charge on any atom is 0.410 e. The van der Waals surface area contributed by atoms with Gasteiger partial charge in [-0.2, -0.15) is 0 Å². The average Bonchev–Trinajstić information content (AvgIpc) is 3.57. The monoisotopic (exact) mass is 577 g/mol. The number of likely N-dealkylation sites (tertiary alicyclic amines) is 1. The predicted octanol–water partition coefficient (Wildman–Crippen LogP) is 4.22. The molecule has 0 aliphatic carbocycles. The number of aromatic nitrogens is 5. The second kappa shape index (κ2) is 10.9. The number of fused-ring (bicyclic) bond motifs is 1. The highest BCUT2D eigenvalue weighted by atomic mass is 32.1. The summed E-state index contributed by atoms with van der Waals surface area (Å²) in [5, 5.41) is 17.2. The van der Waals surface area contributed by atoms with Gasteiger partial charge in [0.15, 0.2) is 22.8 Å². The van der Waals surface area contributed by atoms with E-state index in [0.717, 1.165) is 10.6 Å². The Labute approximate surface area is 240 Å². The molecule has 2 fully saturated rings. The molecular weight excluding hydrogens is 546 g/mol. The lowest BCUT2D eigenvalue weighted by molar-refractivity contribution is -0.000152. The molecule has 13 nitrogen and oxygen atoms in total. The van der Waals surface area contributed by atoms with Gasteiger partial charge in [-0.3, -0.25) is 5.32 Å². The van der Waals surface area contributed by atoms with E-state index in [-0.39, 0.29) is 18.2 Å². The Kier molecular flexibility index (Phi) is 7.17. The number of carbonyl (C=O) groups is 2. The normalized spacial score (nSPS) is 16.0. The lowest BCUT2D eigenvalue weighted by Crippen LogP contribution is -2.52. The first-order valence-corrected chi connectivity index (χ1v) is 14.3. The molecule has 0 saturated carbocycles. The van der Waals surface area contributed by atoms with E-state index in [1.54, 1.807) is 9.58 Å². The Hall–Kier alpha value is -4.30. The van der Waals surface area contributed by atoms with Gasteiger partial charge in [-0.05, 0) is 62.5 Å². The van der Waals surface area contributed by atoms with Gasteiger partial charge < -0.3 is 24.6 Å². The molecule has 0 atom stereocenters. The van der Waals surface area contributed by atoms with Crippen LogP contribution in [0.2, 0.25) is 0 Å².